The summed E-state index contributed by atoms with van der Waals surface area (Å²) in [7, 11) is 0. The van der Waals surface area contributed by atoms with Crippen molar-refractivity contribution >= 4 is 33.0 Å². The second-order valence-electron chi connectivity index (χ2n) is 11.1. The molecular weight excluding hydrogens is 566 g/mol. The third-order valence-electron chi connectivity index (χ3n) is 8.27. The lowest BCUT2D eigenvalue weighted by atomic mass is 10.0. The van der Waals surface area contributed by atoms with Crippen LogP contribution in [0.5, 0.6) is 0 Å². The predicted molar refractivity (Wildman–Crippen MR) is 183 cm³/mol. The summed E-state index contributed by atoms with van der Waals surface area (Å²) in [5.74, 6) is 2.68. The SMILES string of the molecule is c1ccc(-c2nc(-c3ccccc3)nc(-c3cccc4oc5ccc(-c6nc7ccccc7n6-c6ccccc6)cc5c34)n2)cc1. The van der Waals surface area contributed by atoms with E-state index >= 15 is 0 Å². The number of benzene rings is 6. The zero-order valence-electron chi connectivity index (χ0n) is 24.6. The van der Waals surface area contributed by atoms with Crippen LogP contribution in [0.4, 0.5) is 0 Å². The molecule has 0 saturated carbocycles. The fourth-order valence-corrected chi connectivity index (χ4v) is 6.14. The van der Waals surface area contributed by atoms with Gasteiger partial charge >= 0.3 is 0 Å². The third-order valence-corrected chi connectivity index (χ3v) is 8.27. The molecule has 0 fully saturated rings. The Hall–Kier alpha value is -6.40. The molecule has 0 aliphatic rings. The lowest BCUT2D eigenvalue weighted by Crippen LogP contribution is -2.00. The van der Waals surface area contributed by atoms with Crippen molar-refractivity contribution in [3.63, 3.8) is 0 Å². The highest BCUT2D eigenvalue weighted by Gasteiger charge is 2.20. The number of hydrogen-bond acceptors (Lipinski definition) is 5. The molecule has 3 aromatic heterocycles. The second-order valence-corrected chi connectivity index (χ2v) is 11.1. The molecule has 0 spiro atoms. The fraction of sp³-hybridized carbons (Fsp3) is 0. The summed E-state index contributed by atoms with van der Waals surface area (Å²) in [4.78, 5) is 20.0. The van der Waals surface area contributed by atoms with Crippen molar-refractivity contribution in [1.82, 2.24) is 24.5 Å². The molecular formula is C40H25N5O. The van der Waals surface area contributed by atoms with Gasteiger partial charge < -0.3 is 4.42 Å². The van der Waals surface area contributed by atoms with Crippen molar-refractivity contribution in [1.29, 1.82) is 0 Å². The van der Waals surface area contributed by atoms with Crippen molar-refractivity contribution in [2.24, 2.45) is 0 Å². The number of imidazole rings is 1. The van der Waals surface area contributed by atoms with Gasteiger partial charge in [-0.05, 0) is 48.5 Å². The normalized spacial score (nSPS) is 11.5. The fourth-order valence-electron chi connectivity index (χ4n) is 6.14. The van der Waals surface area contributed by atoms with E-state index in [1.165, 1.54) is 0 Å². The minimum absolute atomic E-state index is 0.586. The third kappa shape index (κ3) is 4.35. The minimum Gasteiger partial charge on any atom is -0.456 e. The summed E-state index contributed by atoms with van der Waals surface area (Å²) in [6.45, 7) is 0. The van der Waals surface area contributed by atoms with Crippen molar-refractivity contribution in [2.75, 3.05) is 0 Å². The Morgan fingerprint density at radius 1 is 0.457 bits per heavy atom. The summed E-state index contributed by atoms with van der Waals surface area (Å²) >= 11 is 0. The number of furan rings is 1. The Bertz CT molecular complexity index is 2460. The van der Waals surface area contributed by atoms with E-state index < -0.39 is 0 Å². The van der Waals surface area contributed by atoms with Gasteiger partial charge in [0.2, 0.25) is 0 Å². The number of nitrogens with zero attached hydrogens (tertiary/aromatic N) is 5. The molecule has 3 heterocycles. The van der Waals surface area contributed by atoms with Crippen LogP contribution in [0.3, 0.4) is 0 Å². The van der Waals surface area contributed by atoms with Crippen LogP contribution in [0.25, 0.3) is 84.2 Å². The van der Waals surface area contributed by atoms with E-state index in [1.54, 1.807) is 0 Å². The predicted octanol–water partition coefficient (Wildman–Crippen LogP) is 9.78. The largest absolute Gasteiger partial charge is 0.456 e. The molecule has 6 heteroatoms. The lowest BCUT2D eigenvalue weighted by molar-refractivity contribution is 0.669. The molecule has 46 heavy (non-hydrogen) atoms. The topological polar surface area (TPSA) is 69.6 Å². The molecule has 6 nitrogen and oxygen atoms in total. The van der Waals surface area contributed by atoms with Gasteiger partial charge in [0.05, 0.1) is 11.0 Å². The molecule has 0 saturated heterocycles. The molecule has 216 valence electrons. The van der Waals surface area contributed by atoms with Gasteiger partial charge in [0.1, 0.15) is 17.0 Å². The number of fused-ring (bicyclic) bond motifs is 4. The van der Waals surface area contributed by atoms with Gasteiger partial charge in [0.25, 0.3) is 0 Å². The lowest BCUT2D eigenvalue weighted by Gasteiger charge is -2.10. The smallest absolute Gasteiger partial charge is 0.164 e. The van der Waals surface area contributed by atoms with Gasteiger partial charge in [-0.3, -0.25) is 4.57 Å². The zero-order valence-corrected chi connectivity index (χ0v) is 24.6. The van der Waals surface area contributed by atoms with Crippen molar-refractivity contribution in [3.8, 4) is 51.2 Å². The number of hydrogen-bond donors (Lipinski definition) is 0. The number of para-hydroxylation sites is 3. The Morgan fingerprint density at radius 2 is 1.09 bits per heavy atom. The van der Waals surface area contributed by atoms with Gasteiger partial charge in [0.15, 0.2) is 17.5 Å². The van der Waals surface area contributed by atoms with E-state index in [2.05, 4.69) is 65.2 Å². The Morgan fingerprint density at radius 3 is 1.80 bits per heavy atom. The highest BCUT2D eigenvalue weighted by atomic mass is 16.3. The standard InChI is InChI=1S/C40H25N5O/c1-4-13-26(14-5-1)37-42-38(27-15-6-2-7-16-27)44-39(43-37)30-19-12-22-35-36(30)31-25-28(23-24-34(31)46-35)40-41-32-20-10-11-21-33(32)45(40)29-17-8-3-9-18-29/h1-25H. The first-order valence-electron chi connectivity index (χ1n) is 15.2. The first-order chi connectivity index (χ1) is 22.8. The van der Waals surface area contributed by atoms with E-state index in [0.29, 0.717) is 17.5 Å². The summed E-state index contributed by atoms with van der Waals surface area (Å²) < 4.78 is 8.62. The minimum atomic E-state index is 0.586. The van der Waals surface area contributed by atoms with Crippen LogP contribution in [0.2, 0.25) is 0 Å². The van der Waals surface area contributed by atoms with Crippen LogP contribution in [-0.4, -0.2) is 24.5 Å². The van der Waals surface area contributed by atoms with Crippen LogP contribution in [-0.2, 0) is 0 Å². The Kier molecular flexibility index (Phi) is 6.03. The average molecular weight is 592 g/mol. The van der Waals surface area contributed by atoms with Crippen LogP contribution < -0.4 is 0 Å². The van der Waals surface area contributed by atoms with Crippen LogP contribution in [0.1, 0.15) is 0 Å². The maximum absolute atomic E-state index is 6.41. The van der Waals surface area contributed by atoms with Gasteiger partial charge in [-0.2, -0.15) is 0 Å². The summed E-state index contributed by atoms with van der Waals surface area (Å²) in [6.07, 6.45) is 0. The van der Waals surface area contributed by atoms with Gasteiger partial charge in [-0.25, -0.2) is 19.9 Å². The first-order valence-corrected chi connectivity index (χ1v) is 15.2. The van der Waals surface area contributed by atoms with Crippen molar-refractivity contribution in [3.05, 3.63) is 152 Å². The van der Waals surface area contributed by atoms with E-state index in [1.807, 2.05) is 91.0 Å². The average Bonchev–Trinajstić information content (AvgIpc) is 3.71. The Balaban J connectivity index is 1.28. The van der Waals surface area contributed by atoms with Crippen molar-refractivity contribution in [2.45, 2.75) is 0 Å². The highest BCUT2D eigenvalue weighted by molar-refractivity contribution is 6.12. The van der Waals surface area contributed by atoms with Gasteiger partial charge in [0, 0.05) is 38.7 Å². The maximum Gasteiger partial charge on any atom is 0.164 e. The Labute approximate surface area is 264 Å². The zero-order chi connectivity index (χ0) is 30.5. The first kappa shape index (κ1) is 26.0. The maximum atomic E-state index is 6.41. The highest BCUT2D eigenvalue weighted by Crippen LogP contribution is 2.39. The van der Waals surface area contributed by atoms with E-state index in [-0.39, 0.29) is 0 Å². The molecule has 0 radical (unpaired) electrons. The monoisotopic (exact) mass is 591 g/mol. The molecule has 0 amide bonds. The van der Waals surface area contributed by atoms with Gasteiger partial charge in [-0.1, -0.05) is 103 Å². The second kappa shape index (κ2) is 10.6. The van der Waals surface area contributed by atoms with Gasteiger partial charge in [-0.15, -0.1) is 0 Å². The molecule has 6 aromatic carbocycles. The van der Waals surface area contributed by atoms with E-state index in [0.717, 1.165) is 66.7 Å². The van der Waals surface area contributed by atoms with E-state index in [9.17, 15) is 0 Å². The summed E-state index contributed by atoms with van der Waals surface area (Å²) in [5.41, 5.74) is 8.30. The summed E-state index contributed by atoms with van der Waals surface area (Å²) in [5, 5.41) is 1.92. The number of aromatic nitrogens is 5. The molecule has 9 rings (SSSR count). The molecule has 0 unspecified atom stereocenters. The van der Waals surface area contributed by atoms with E-state index in [4.69, 9.17) is 24.4 Å². The molecule has 0 atom stereocenters. The van der Waals surface area contributed by atoms with Crippen LogP contribution in [0.15, 0.2) is 156 Å². The molecule has 0 aliphatic heterocycles. The molecule has 0 aliphatic carbocycles. The van der Waals surface area contributed by atoms with Crippen LogP contribution in [0, 0.1) is 0 Å². The molecule has 9 aromatic rings. The summed E-state index contributed by atoms with van der Waals surface area (Å²) in [6, 6.07) is 51.0. The van der Waals surface area contributed by atoms with Crippen molar-refractivity contribution < 1.29 is 4.42 Å². The molecule has 0 N–H and O–H groups in total. The molecule has 0 bridgehead atoms. The quantitative estimate of drug-likeness (QED) is 0.199. The van der Waals surface area contributed by atoms with Crippen LogP contribution >= 0.6 is 0 Å². The number of rotatable bonds is 5.